The Hall–Kier alpha value is -1.69. The predicted octanol–water partition coefficient (Wildman–Crippen LogP) is 2.47. The number of hydrogen-bond donors (Lipinski definition) is 0. The van der Waals surface area contributed by atoms with E-state index in [2.05, 4.69) is 10.1 Å². The normalized spacial score (nSPS) is 10.5. The Bertz CT molecular complexity index is 550. The van der Waals surface area contributed by atoms with Gasteiger partial charge in [0.05, 0.1) is 0 Å². The van der Waals surface area contributed by atoms with Crippen LogP contribution in [0.15, 0.2) is 29.4 Å². The summed E-state index contributed by atoms with van der Waals surface area (Å²) in [7, 11) is 0. The molecule has 1 aromatic carbocycles. The van der Waals surface area contributed by atoms with E-state index in [1.165, 1.54) is 35.5 Å². The molecule has 2 aromatic rings. The fraction of sp³-hybridized carbons (Fsp3) is 0.182. The molecule has 0 unspecified atom stereocenters. The van der Waals surface area contributed by atoms with E-state index in [0.29, 0.717) is 16.5 Å². The molecule has 0 bridgehead atoms. The highest BCUT2D eigenvalue weighted by atomic mass is 32.2. The standard InChI is InChI=1S/C11H10FN3OS/c1-7(16)15-10(13-11(14-15)17-2)8-3-5-9(12)6-4-8/h3-6H,1-2H3. The Labute approximate surface area is 102 Å². The zero-order valence-corrected chi connectivity index (χ0v) is 10.2. The number of nitrogens with zero attached hydrogens (tertiary/aromatic N) is 3. The van der Waals surface area contributed by atoms with Gasteiger partial charge in [-0.2, -0.15) is 4.68 Å². The fourth-order valence-electron chi connectivity index (χ4n) is 1.39. The van der Waals surface area contributed by atoms with E-state index >= 15 is 0 Å². The van der Waals surface area contributed by atoms with Crippen LogP contribution in [0, 0.1) is 5.82 Å². The van der Waals surface area contributed by atoms with Gasteiger partial charge in [0.1, 0.15) is 5.82 Å². The van der Waals surface area contributed by atoms with Gasteiger partial charge in [0, 0.05) is 12.5 Å². The number of rotatable bonds is 2. The lowest BCUT2D eigenvalue weighted by atomic mass is 10.2. The summed E-state index contributed by atoms with van der Waals surface area (Å²) in [6.45, 7) is 1.41. The molecule has 0 radical (unpaired) electrons. The molecule has 0 aliphatic carbocycles. The van der Waals surface area contributed by atoms with Gasteiger partial charge in [0.25, 0.3) is 0 Å². The molecule has 0 aliphatic heterocycles. The van der Waals surface area contributed by atoms with Crippen molar-refractivity contribution in [1.82, 2.24) is 14.8 Å². The molecule has 1 aromatic heterocycles. The van der Waals surface area contributed by atoms with Gasteiger partial charge in [0.15, 0.2) is 5.82 Å². The van der Waals surface area contributed by atoms with Crippen molar-refractivity contribution in [2.45, 2.75) is 12.1 Å². The third kappa shape index (κ3) is 2.36. The van der Waals surface area contributed by atoms with Gasteiger partial charge >= 0.3 is 0 Å². The van der Waals surface area contributed by atoms with Crippen molar-refractivity contribution in [2.75, 3.05) is 6.26 Å². The lowest BCUT2D eigenvalue weighted by Gasteiger charge is -2.00. The van der Waals surface area contributed by atoms with Crippen LogP contribution in [0.25, 0.3) is 11.4 Å². The number of carbonyl (C=O) groups excluding carboxylic acids is 1. The van der Waals surface area contributed by atoms with Crippen LogP contribution in [0.5, 0.6) is 0 Å². The van der Waals surface area contributed by atoms with Crippen molar-refractivity contribution in [3.8, 4) is 11.4 Å². The largest absolute Gasteiger partial charge is 0.273 e. The first-order valence-electron chi connectivity index (χ1n) is 4.89. The zero-order valence-electron chi connectivity index (χ0n) is 9.35. The molecule has 0 N–H and O–H groups in total. The second-order valence-corrected chi connectivity index (χ2v) is 4.13. The van der Waals surface area contributed by atoms with Crippen LogP contribution >= 0.6 is 11.8 Å². The molecule has 4 nitrogen and oxygen atoms in total. The topological polar surface area (TPSA) is 47.8 Å². The third-order valence-corrected chi connectivity index (χ3v) is 2.71. The van der Waals surface area contributed by atoms with Gasteiger partial charge < -0.3 is 0 Å². The summed E-state index contributed by atoms with van der Waals surface area (Å²) in [4.78, 5) is 15.6. The predicted molar refractivity (Wildman–Crippen MR) is 63.5 cm³/mol. The number of benzene rings is 1. The van der Waals surface area contributed by atoms with Crippen molar-refractivity contribution < 1.29 is 9.18 Å². The van der Waals surface area contributed by atoms with E-state index in [9.17, 15) is 9.18 Å². The van der Waals surface area contributed by atoms with Crippen LogP contribution < -0.4 is 0 Å². The Balaban J connectivity index is 2.53. The number of hydrogen-bond acceptors (Lipinski definition) is 4. The maximum absolute atomic E-state index is 12.8. The van der Waals surface area contributed by atoms with Crippen molar-refractivity contribution in [2.24, 2.45) is 0 Å². The monoisotopic (exact) mass is 251 g/mol. The Morgan fingerprint density at radius 1 is 1.35 bits per heavy atom. The Morgan fingerprint density at radius 3 is 2.53 bits per heavy atom. The van der Waals surface area contributed by atoms with E-state index in [1.54, 1.807) is 12.1 Å². The Kier molecular flexibility index (Phi) is 3.23. The van der Waals surface area contributed by atoms with Crippen LogP contribution in [0.1, 0.15) is 11.7 Å². The average molecular weight is 251 g/mol. The van der Waals surface area contributed by atoms with Crippen molar-refractivity contribution >= 4 is 17.7 Å². The molecular weight excluding hydrogens is 241 g/mol. The van der Waals surface area contributed by atoms with E-state index in [1.807, 2.05) is 6.26 Å². The first-order valence-corrected chi connectivity index (χ1v) is 6.12. The van der Waals surface area contributed by atoms with Crippen LogP contribution in [0.4, 0.5) is 4.39 Å². The second kappa shape index (κ2) is 4.67. The summed E-state index contributed by atoms with van der Waals surface area (Å²) in [6.07, 6.45) is 1.83. The SMILES string of the molecule is CSc1nc(-c2ccc(F)cc2)n(C(C)=O)n1. The van der Waals surface area contributed by atoms with E-state index in [4.69, 9.17) is 0 Å². The van der Waals surface area contributed by atoms with E-state index in [0.717, 1.165) is 0 Å². The van der Waals surface area contributed by atoms with Gasteiger partial charge in [-0.1, -0.05) is 11.8 Å². The summed E-state index contributed by atoms with van der Waals surface area (Å²) in [6, 6.07) is 5.80. The third-order valence-electron chi connectivity index (χ3n) is 2.17. The molecule has 6 heteroatoms. The van der Waals surface area contributed by atoms with Crippen LogP contribution in [-0.4, -0.2) is 26.9 Å². The molecular formula is C11H10FN3OS. The molecule has 0 atom stereocenters. The van der Waals surface area contributed by atoms with Crippen LogP contribution in [0.3, 0.4) is 0 Å². The lowest BCUT2D eigenvalue weighted by molar-refractivity contribution is 0.0922. The minimum atomic E-state index is -0.326. The van der Waals surface area contributed by atoms with Crippen molar-refractivity contribution in [3.63, 3.8) is 0 Å². The van der Waals surface area contributed by atoms with Crippen LogP contribution in [0.2, 0.25) is 0 Å². The molecule has 0 saturated carbocycles. The molecule has 2 rings (SSSR count). The summed E-state index contributed by atoms with van der Waals surface area (Å²) >= 11 is 1.35. The minimum Gasteiger partial charge on any atom is -0.273 e. The number of thioether (sulfide) groups is 1. The number of halogens is 1. The highest BCUT2D eigenvalue weighted by Gasteiger charge is 2.14. The molecule has 0 saturated heterocycles. The maximum atomic E-state index is 12.8. The second-order valence-electron chi connectivity index (χ2n) is 3.36. The summed E-state index contributed by atoms with van der Waals surface area (Å²) in [5.74, 6) is -0.119. The first kappa shape index (κ1) is 11.8. The zero-order chi connectivity index (χ0) is 12.4. The summed E-state index contributed by atoms with van der Waals surface area (Å²) < 4.78 is 14.0. The van der Waals surface area contributed by atoms with Crippen molar-refractivity contribution in [3.05, 3.63) is 30.1 Å². The van der Waals surface area contributed by atoms with Gasteiger partial charge in [0.2, 0.25) is 11.1 Å². The first-order chi connectivity index (χ1) is 8.11. The molecule has 17 heavy (non-hydrogen) atoms. The highest BCUT2D eigenvalue weighted by Crippen LogP contribution is 2.20. The average Bonchev–Trinajstić information content (AvgIpc) is 2.74. The van der Waals surface area contributed by atoms with Gasteiger partial charge in [-0.05, 0) is 30.5 Å². The van der Waals surface area contributed by atoms with Gasteiger partial charge in [-0.3, -0.25) is 4.79 Å². The van der Waals surface area contributed by atoms with Gasteiger partial charge in [-0.15, -0.1) is 5.10 Å². The Morgan fingerprint density at radius 2 is 2.00 bits per heavy atom. The smallest absolute Gasteiger partial charge is 0.245 e. The fourth-order valence-corrected chi connectivity index (χ4v) is 1.73. The summed E-state index contributed by atoms with van der Waals surface area (Å²) in [5.41, 5.74) is 0.661. The molecule has 0 aliphatic rings. The molecule has 0 amide bonds. The minimum absolute atomic E-state index is 0.225. The van der Waals surface area contributed by atoms with E-state index < -0.39 is 0 Å². The quantitative estimate of drug-likeness (QED) is 0.769. The van der Waals surface area contributed by atoms with Crippen LogP contribution in [-0.2, 0) is 0 Å². The molecule has 0 spiro atoms. The molecule has 0 fully saturated rings. The van der Waals surface area contributed by atoms with Crippen molar-refractivity contribution in [1.29, 1.82) is 0 Å². The molecule has 88 valence electrons. The number of carbonyl (C=O) groups is 1. The van der Waals surface area contributed by atoms with E-state index in [-0.39, 0.29) is 11.7 Å². The molecule has 1 heterocycles. The van der Waals surface area contributed by atoms with Gasteiger partial charge in [-0.25, -0.2) is 9.37 Å². The lowest BCUT2D eigenvalue weighted by Crippen LogP contribution is -2.09. The highest BCUT2D eigenvalue weighted by molar-refractivity contribution is 7.98. The number of aromatic nitrogens is 3. The maximum Gasteiger partial charge on any atom is 0.245 e. The summed E-state index contributed by atoms with van der Waals surface area (Å²) in [5, 5.41) is 4.57.